The van der Waals surface area contributed by atoms with Crippen molar-refractivity contribution < 1.29 is 4.79 Å². The van der Waals surface area contributed by atoms with E-state index in [1.165, 1.54) is 16.9 Å². The van der Waals surface area contributed by atoms with Crippen LogP contribution in [0.15, 0.2) is 18.2 Å². The van der Waals surface area contributed by atoms with Crippen LogP contribution in [0.3, 0.4) is 0 Å². The molecule has 4 nitrogen and oxygen atoms in total. The fourth-order valence-corrected chi connectivity index (χ4v) is 2.59. The topological polar surface area (TPSA) is 68.0 Å². The summed E-state index contributed by atoms with van der Waals surface area (Å²) in [5.74, 6) is -0.110. The number of benzene rings is 1. The predicted molar refractivity (Wildman–Crippen MR) is 85.0 cm³/mol. The summed E-state index contributed by atoms with van der Waals surface area (Å²) >= 11 is 1.48. The quantitative estimate of drug-likeness (QED) is 0.911. The van der Waals surface area contributed by atoms with Crippen molar-refractivity contribution in [3.8, 4) is 0 Å². The second-order valence-corrected chi connectivity index (χ2v) is 7.32. The minimum atomic E-state index is -0.680. The van der Waals surface area contributed by atoms with Crippen LogP contribution in [0, 0.1) is 12.3 Å². The van der Waals surface area contributed by atoms with Crippen LogP contribution in [0.1, 0.15) is 33.3 Å². The number of nitrogens with zero attached hydrogens (tertiary/aromatic N) is 1. The lowest BCUT2D eigenvalue weighted by molar-refractivity contribution is -0.126. The molecule has 1 amide bonds. The first-order valence-electron chi connectivity index (χ1n) is 6.59. The van der Waals surface area contributed by atoms with Crippen molar-refractivity contribution in [1.82, 2.24) is 4.98 Å². The number of carbonyl (C=O) groups is 1. The van der Waals surface area contributed by atoms with Crippen molar-refractivity contribution in [3.63, 3.8) is 0 Å². The Morgan fingerprint density at radius 3 is 2.55 bits per heavy atom. The van der Waals surface area contributed by atoms with E-state index in [4.69, 9.17) is 5.73 Å². The molecule has 108 valence electrons. The normalized spacial score (nSPS) is 12.7. The summed E-state index contributed by atoms with van der Waals surface area (Å²) in [6.45, 7) is 9.44. The Balaban J connectivity index is 2.26. The molecule has 5 heteroatoms. The van der Waals surface area contributed by atoms with Gasteiger partial charge in [-0.1, -0.05) is 17.4 Å². The zero-order valence-electron chi connectivity index (χ0n) is 12.6. The van der Waals surface area contributed by atoms with E-state index in [0.29, 0.717) is 5.13 Å². The van der Waals surface area contributed by atoms with E-state index in [2.05, 4.69) is 16.4 Å². The van der Waals surface area contributed by atoms with Gasteiger partial charge in [-0.05, 0) is 52.3 Å². The summed E-state index contributed by atoms with van der Waals surface area (Å²) in [4.78, 5) is 16.8. The fraction of sp³-hybridized carbons (Fsp3) is 0.467. The summed E-state index contributed by atoms with van der Waals surface area (Å²) in [6.07, 6.45) is 0. The van der Waals surface area contributed by atoms with Gasteiger partial charge in [-0.25, -0.2) is 4.98 Å². The molecule has 0 bridgehead atoms. The minimum Gasteiger partial charge on any atom is -0.325 e. The molecule has 20 heavy (non-hydrogen) atoms. The number of thiazole rings is 1. The third-order valence-corrected chi connectivity index (χ3v) is 4.88. The fourth-order valence-electron chi connectivity index (χ4n) is 1.63. The molecular formula is C15H21N3OS. The lowest BCUT2D eigenvalue weighted by Gasteiger charge is -2.36. The Labute approximate surface area is 123 Å². The molecule has 0 radical (unpaired) electrons. The van der Waals surface area contributed by atoms with E-state index in [0.717, 1.165) is 10.2 Å². The smallest absolute Gasteiger partial charge is 0.233 e. The number of rotatable bonds is 3. The number of hydrogen-bond acceptors (Lipinski definition) is 4. The molecule has 1 heterocycles. The molecule has 0 atom stereocenters. The van der Waals surface area contributed by atoms with Crippen LogP contribution in [0.25, 0.3) is 10.2 Å². The summed E-state index contributed by atoms with van der Waals surface area (Å²) < 4.78 is 1.07. The van der Waals surface area contributed by atoms with Gasteiger partial charge in [-0.2, -0.15) is 0 Å². The van der Waals surface area contributed by atoms with Crippen LogP contribution >= 0.6 is 11.3 Å². The van der Waals surface area contributed by atoms with Crippen LogP contribution < -0.4 is 11.1 Å². The maximum atomic E-state index is 12.4. The first kappa shape index (κ1) is 14.9. The summed E-state index contributed by atoms with van der Waals surface area (Å²) in [6, 6.07) is 6.05. The van der Waals surface area contributed by atoms with Crippen molar-refractivity contribution in [1.29, 1.82) is 0 Å². The Bertz CT molecular complexity index is 653. The van der Waals surface area contributed by atoms with Gasteiger partial charge in [0, 0.05) is 5.54 Å². The molecule has 1 aromatic heterocycles. The molecule has 0 saturated heterocycles. The van der Waals surface area contributed by atoms with E-state index in [1.54, 1.807) is 0 Å². The van der Waals surface area contributed by atoms with Gasteiger partial charge in [0.25, 0.3) is 0 Å². The van der Waals surface area contributed by atoms with Crippen molar-refractivity contribution in [2.75, 3.05) is 5.32 Å². The summed E-state index contributed by atoms with van der Waals surface area (Å²) in [5, 5.41) is 3.50. The molecule has 2 rings (SSSR count). The number of aryl methyl sites for hydroxylation is 1. The van der Waals surface area contributed by atoms with Crippen LogP contribution in [0.5, 0.6) is 0 Å². The van der Waals surface area contributed by atoms with E-state index >= 15 is 0 Å². The number of fused-ring (bicyclic) bond motifs is 1. The zero-order chi connectivity index (χ0) is 15.1. The Morgan fingerprint density at radius 1 is 1.30 bits per heavy atom. The number of nitrogens with one attached hydrogen (secondary N) is 1. The van der Waals surface area contributed by atoms with Crippen LogP contribution in [0.4, 0.5) is 5.13 Å². The third kappa shape index (κ3) is 2.69. The standard InChI is InChI=1S/C15H21N3OS/c1-9-6-7-10-11(8-9)20-13(17-10)18-12(19)14(2,3)15(4,5)16/h6-8H,16H2,1-5H3,(H,17,18,19). The highest BCUT2D eigenvalue weighted by atomic mass is 32.1. The number of aromatic nitrogens is 1. The Morgan fingerprint density at radius 2 is 1.95 bits per heavy atom. The van der Waals surface area contributed by atoms with E-state index < -0.39 is 11.0 Å². The number of carbonyl (C=O) groups excluding carboxylic acids is 1. The van der Waals surface area contributed by atoms with Crippen LogP contribution in [-0.2, 0) is 4.79 Å². The molecular weight excluding hydrogens is 270 g/mol. The monoisotopic (exact) mass is 291 g/mol. The number of anilines is 1. The molecule has 0 aliphatic heterocycles. The molecule has 1 aromatic carbocycles. The van der Waals surface area contributed by atoms with Gasteiger partial charge in [0.2, 0.25) is 5.91 Å². The van der Waals surface area contributed by atoms with Gasteiger partial charge >= 0.3 is 0 Å². The van der Waals surface area contributed by atoms with Crippen LogP contribution in [0.2, 0.25) is 0 Å². The van der Waals surface area contributed by atoms with E-state index in [1.807, 2.05) is 46.8 Å². The van der Waals surface area contributed by atoms with Gasteiger partial charge in [0.05, 0.1) is 15.6 Å². The molecule has 0 aliphatic rings. The largest absolute Gasteiger partial charge is 0.325 e. The minimum absolute atomic E-state index is 0.110. The van der Waals surface area contributed by atoms with E-state index in [9.17, 15) is 4.79 Å². The Kier molecular flexibility index (Phi) is 3.60. The molecule has 0 unspecified atom stereocenters. The SMILES string of the molecule is Cc1ccc2nc(NC(=O)C(C)(C)C(C)(C)N)sc2c1. The van der Waals surface area contributed by atoms with Gasteiger partial charge in [-0.3, -0.25) is 4.79 Å². The van der Waals surface area contributed by atoms with Gasteiger partial charge < -0.3 is 11.1 Å². The lowest BCUT2D eigenvalue weighted by atomic mass is 9.74. The van der Waals surface area contributed by atoms with Crippen molar-refractivity contribution in [2.45, 2.75) is 40.2 Å². The zero-order valence-corrected chi connectivity index (χ0v) is 13.4. The Hall–Kier alpha value is -1.46. The maximum Gasteiger partial charge on any atom is 0.233 e. The molecule has 3 N–H and O–H groups in total. The van der Waals surface area contributed by atoms with Gasteiger partial charge in [0.15, 0.2) is 5.13 Å². The maximum absolute atomic E-state index is 12.4. The predicted octanol–water partition coefficient (Wildman–Crippen LogP) is 3.31. The first-order valence-corrected chi connectivity index (χ1v) is 7.40. The molecule has 0 spiro atoms. The lowest BCUT2D eigenvalue weighted by Crippen LogP contribution is -2.53. The second kappa shape index (κ2) is 4.82. The van der Waals surface area contributed by atoms with Crippen molar-refractivity contribution in [2.24, 2.45) is 11.1 Å². The van der Waals surface area contributed by atoms with Gasteiger partial charge in [-0.15, -0.1) is 0 Å². The number of nitrogens with two attached hydrogens (primary N) is 1. The van der Waals surface area contributed by atoms with Gasteiger partial charge in [0.1, 0.15) is 0 Å². The highest BCUT2D eigenvalue weighted by Gasteiger charge is 2.40. The van der Waals surface area contributed by atoms with Crippen molar-refractivity contribution in [3.05, 3.63) is 23.8 Å². The average molecular weight is 291 g/mol. The van der Waals surface area contributed by atoms with Crippen LogP contribution in [-0.4, -0.2) is 16.4 Å². The molecule has 0 fully saturated rings. The molecule has 2 aromatic rings. The first-order chi connectivity index (χ1) is 9.11. The number of hydrogen-bond donors (Lipinski definition) is 2. The second-order valence-electron chi connectivity index (χ2n) is 6.29. The van der Waals surface area contributed by atoms with E-state index in [-0.39, 0.29) is 5.91 Å². The highest BCUT2D eigenvalue weighted by Crippen LogP contribution is 2.32. The third-order valence-electron chi connectivity index (χ3n) is 3.94. The molecule has 0 aliphatic carbocycles. The molecule has 0 saturated carbocycles. The summed E-state index contributed by atoms with van der Waals surface area (Å²) in [5.41, 5.74) is 6.88. The highest BCUT2D eigenvalue weighted by molar-refractivity contribution is 7.22. The number of amides is 1. The summed E-state index contributed by atoms with van der Waals surface area (Å²) in [7, 11) is 0. The van der Waals surface area contributed by atoms with Crippen molar-refractivity contribution >= 4 is 32.6 Å². The average Bonchev–Trinajstić information content (AvgIpc) is 2.68.